The fourth-order valence-electron chi connectivity index (χ4n) is 1.52. The predicted octanol–water partition coefficient (Wildman–Crippen LogP) is 3.09. The minimum absolute atomic E-state index is 0.0739. The number of Topliss-reactive ketones (excluding diaryl/α,β-unsaturated/α-hetero) is 1. The second-order valence-corrected chi connectivity index (χ2v) is 3.33. The van der Waals surface area contributed by atoms with Gasteiger partial charge in [-0.3, -0.25) is 4.79 Å². The number of nitrogens with zero attached hydrogens (tertiary/aromatic N) is 1. The van der Waals surface area contributed by atoms with Crippen molar-refractivity contribution < 1.29 is 18.0 Å². The first-order chi connectivity index (χ1) is 7.29. The third kappa shape index (κ3) is 2.06. The lowest BCUT2D eigenvalue weighted by molar-refractivity contribution is -0.137. The molecule has 16 heavy (non-hydrogen) atoms. The minimum Gasteiger partial charge on any atom is -0.294 e. The van der Waals surface area contributed by atoms with E-state index in [-0.39, 0.29) is 11.1 Å². The van der Waals surface area contributed by atoms with Gasteiger partial charge in [0.05, 0.1) is 17.2 Å². The molecule has 0 unspecified atom stereocenters. The van der Waals surface area contributed by atoms with Crippen molar-refractivity contribution in [2.45, 2.75) is 20.0 Å². The maximum absolute atomic E-state index is 12.6. The molecule has 0 atom stereocenters. The molecule has 0 N–H and O–H groups in total. The summed E-state index contributed by atoms with van der Waals surface area (Å²) in [5, 5.41) is 8.68. The monoisotopic (exact) mass is 227 g/mol. The largest absolute Gasteiger partial charge is 0.417 e. The molecule has 2 nitrogen and oxygen atoms in total. The van der Waals surface area contributed by atoms with E-state index in [0.717, 1.165) is 19.1 Å². The molecule has 1 rings (SSSR count). The van der Waals surface area contributed by atoms with E-state index >= 15 is 0 Å². The standard InChI is InChI=1S/C11H8F3NO/c1-6-8(5-15)3-4-9(11(12,13)14)10(6)7(2)16/h3-4H,1-2H3. The Labute approximate surface area is 90.3 Å². The van der Waals surface area contributed by atoms with Crippen LogP contribution in [0.15, 0.2) is 12.1 Å². The maximum atomic E-state index is 12.6. The number of nitriles is 1. The van der Waals surface area contributed by atoms with Crippen molar-refractivity contribution in [3.63, 3.8) is 0 Å². The van der Waals surface area contributed by atoms with Crippen LogP contribution in [0.3, 0.4) is 0 Å². The minimum atomic E-state index is -4.58. The second-order valence-electron chi connectivity index (χ2n) is 3.33. The van der Waals surface area contributed by atoms with Gasteiger partial charge in [-0.05, 0) is 31.5 Å². The molecule has 84 valence electrons. The molecule has 5 heteroatoms. The van der Waals surface area contributed by atoms with E-state index in [9.17, 15) is 18.0 Å². The Kier molecular flexibility index (Phi) is 3.04. The van der Waals surface area contributed by atoms with Crippen LogP contribution in [0.25, 0.3) is 0 Å². The van der Waals surface area contributed by atoms with Crippen molar-refractivity contribution in [3.8, 4) is 6.07 Å². The Hall–Kier alpha value is -1.83. The van der Waals surface area contributed by atoms with Crippen molar-refractivity contribution in [2.24, 2.45) is 0 Å². The van der Waals surface area contributed by atoms with Gasteiger partial charge >= 0.3 is 6.18 Å². The van der Waals surface area contributed by atoms with Crippen molar-refractivity contribution in [3.05, 3.63) is 34.4 Å². The number of carbonyl (C=O) groups is 1. The summed E-state index contributed by atoms with van der Waals surface area (Å²) in [4.78, 5) is 11.2. The van der Waals surface area contributed by atoms with Crippen LogP contribution in [0.2, 0.25) is 0 Å². The average Bonchev–Trinajstić information content (AvgIpc) is 2.15. The van der Waals surface area contributed by atoms with Crippen molar-refractivity contribution >= 4 is 5.78 Å². The summed E-state index contributed by atoms with van der Waals surface area (Å²) in [6, 6.07) is 3.59. The Morgan fingerprint density at radius 1 is 1.38 bits per heavy atom. The van der Waals surface area contributed by atoms with Crippen LogP contribution in [-0.2, 0) is 6.18 Å². The van der Waals surface area contributed by atoms with Gasteiger partial charge in [-0.25, -0.2) is 0 Å². The Balaban J connectivity index is 3.62. The second kappa shape index (κ2) is 3.97. The highest BCUT2D eigenvalue weighted by atomic mass is 19.4. The quantitative estimate of drug-likeness (QED) is 0.691. The summed E-state index contributed by atoms with van der Waals surface area (Å²) >= 11 is 0. The van der Waals surface area contributed by atoms with Crippen LogP contribution in [0.1, 0.15) is 34.0 Å². The molecule has 0 aromatic heterocycles. The number of ketones is 1. The lowest BCUT2D eigenvalue weighted by Gasteiger charge is -2.13. The molecular formula is C11H8F3NO. The highest BCUT2D eigenvalue weighted by molar-refractivity contribution is 5.97. The van der Waals surface area contributed by atoms with Crippen LogP contribution < -0.4 is 0 Å². The summed E-state index contributed by atoms with van der Waals surface area (Å²) in [7, 11) is 0. The first-order valence-corrected chi connectivity index (χ1v) is 4.41. The molecule has 0 amide bonds. The van der Waals surface area contributed by atoms with Crippen molar-refractivity contribution in [1.29, 1.82) is 5.26 Å². The zero-order valence-electron chi connectivity index (χ0n) is 8.64. The molecule has 1 aromatic rings. The Morgan fingerprint density at radius 3 is 2.31 bits per heavy atom. The van der Waals surface area contributed by atoms with E-state index in [2.05, 4.69) is 0 Å². The summed E-state index contributed by atoms with van der Waals surface area (Å²) in [5.41, 5.74) is -1.26. The van der Waals surface area contributed by atoms with E-state index in [0.29, 0.717) is 0 Å². The molecule has 0 bridgehead atoms. The van der Waals surface area contributed by atoms with Crippen LogP contribution in [0, 0.1) is 18.3 Å². The van der Waals surface area contributed by atoms with E-state index in [1.807, 2.05) is 0 Å². The average molecular weight is 227 g/mol. The summed E-state index contributed by atoms with van der Waals surface area (Å²) in [5.74, 6) is -0.693. The van der Waals surface area contributed by atoms with E-state index in [1.54, 1.807) is 6.07 Å². The summed E-state index contributed by atoms with van der Waals surface area (Å²) in [6.45, 7) is 2.39. The molecule has 0 spiro atoms. The number of alkyl halides is 3. The Bertz CT molecular complexity index is 483. The number of hydrogen-bond donors (Lipinski definition) is 0. The first kappa shape index (κ1) is 12.2. The van der Waals surface area contributed by atoms with Gasteiger partial charge < -0.3 is 0 Å². The molecule has 0 saturated carbocycles. The normalized spacial score (nSPS) is 11.0. The molecule has 0 saturated heterocycles. The highest BCUT2D eigenvalue weighted by Crippen LogP contribution is 2.34. The van der Waals surface area contributed by atoms with Crippen LogP contribution in [-0.4, -0.2) is 5.78 Å². The molecule has 0 fully saturated rings. The maximum Gasteiger partial charge on any atom is 0.417 e. The third-order valence-electron chi connectivity index (χ3n) is 2.24. The lowest BCUT2D eigenvalue weighted by atomic mass is 9.94. The highest BCUT2D eigenvalue weighted by Gasteiger charge is 2.35. The van der Waals surface area contributed by atoms with Gasteiger partial charge in [0.25, 0.3) is 0 Å². The zero-order chi connectivity index (χ0) is 12.5. The third-order valence-corrected chi connectivity index (χ3v) is 2.24. The zero-order valence-corrected chi connectivity index (χ0v) is 8.64. The van der Waals surface area contributed by atoms with Crippen LogP contribution in [0.4, 0.5) is 13.2 Å². The molecular weight excluding hydrogens is 219 g/mol. The fourth-order valence-corrected chi connectivity index (χ4v) is 1.52. The van der Waals surface area contributed by atoms with Gasteiger partial charge in [0.2, 0.25) is 0 Å². The van der Waals surface area contributed by atoms with Crippen molar-refractivity contribution in [1.82, 2.24) is 0 Å². The molecule has 0 aliphatic carbocycles. The molecule has 0 radical (unpaired) electrons. The van der Waals surface area contributed by atoms with E-state index in [4.69, 9.17) is 5.26 Å². The number of halogens is 3. The van der Waals surface area contributed by atoms with E-state index < -0.39 is 23.1 Å². The van der Waals surface area contributed by atoms with Gasteiger partial charge in [0, 0.05) is 5.56 Å². The number of benzene rings is 1. The Morgan fingerprint density at radius 2 is 1.94 bits per heavy atom. The predicted molar refractivity (Wildman–Crippen MR) is 50.9 cm³/mol. The fraction of sp³-hybridized carbons (Fsp3) is 0.273. The first-order valence-electron chi connectivity index (χ1n) is 4.41. The number of carbonyl (C=O) groups excluding carboxylic acids is 1. The number of hydrogen-bond acceptors (Lipinski definition) is 2. The van der Waals surface area contributed by atoms with Crippen molar-refractivity contribution in [2.75, 3.05) is 0 Å². The van der Waals surface area contributed by atoms with Gasteiger partial charge in [-0.15, -0.1) is 0 Å². The topological polar surface area (TPSA) is 40.9 Å². The molecule has 0 aliphatic heterocycles. The van der Waals surface area contributed by atoms with Gasteiger partial charge in [0.1, 0.15) is 0 Å². The number of rotatable bonds is 1. The summed E-state index contributed by atoms with van der Waals surface area (Å²) in [6.07, 6.45) is -4.58. The molecule has 1 aromatic carbocycles. The SMILES string of the molecule is CC(=O)c1c(C(F)(F)F)ccc(C#N)c1C. The van der Waals surface area contributed by atoms with E-state index in [1.165, 1.54) is 6.92 Å². The molecule has 0 aliphatic rings. The summed E-state index contributed by atoms with van der Waals surface area (Å²) < 4.78 is 37.8. The van der Waals surface area contributed by atoms with Crippen LogP contribution in [0.5, 0.6) is 0 Å². The van der Waals surface area contributed by atoms with Gasteiger partial charge in [-0.2, -0.15) is 18.4 Å². The smallest absolute Gasteiger partial charge is 0.294 e. The van der Waals surface area contributed by atoms with Crippen LogP contribution >= 0.6 is 0 Å². The van der Waals surface area contributed by atoms with Gasteiger partial charge in [-0.1, -0.05) is 0 Å². The lowest BCUT2D eigenvalue weighted by Crippen LogP contribution is -2.14. The molecule has 0 heterocycles. The van der Waals surface area contributed by atoms with Gasteiger partial charge in [0.15, 0.2) is 5.78 Å².